The molecule has 0 saturated heterocycles. The highest BCUT2D eigenvalue weighted by Gasteiger charge is 2.13. The monoisotopic (exact) mass is 350 g/mol. The summed E-state index contributed by atoms with van der Waals surface area (Å²) in [5.74, 6) is 0. The van der Waals surface area contributed by atoms with E-state index < -0.39 is 0 Å². The van der Waals surface area contributed by atoms with Crippen LogP contribution in [0.4, 0.5) is 5.69 Å². The van der Waals surface area contributed by atoms with E-state index in [2.05, 4.69) is 62.8 Å². The molecule has 0 fully saturated rings. The van der Waals surface area contributed by atoms with Crippen molar-refractivity contribution in [3.8, 4) is 0 Å². The second-order valence-electron chi connectivity index (χ2n) is 5.28. The van der Waals surface area contributed by atoms with Crippen molar-refractivity contribution < 1.29 is 0 Å². The van der Waals surface area contributed by atoms with Crippen LogP contribution in [-0.4, -0.2) is 13.6 Å². The summed E-state index contributed by atoms with van der Waals surface area (Å²) in [4.78, 5) is 3.72. The molecule has 20 heavy (non-hydrogen) atoms. The third-order valence-corrected chi connectivity index (χ3v) is 5.73. The normalized spacial score (nSPS) is 14.4. The largest absolute Gasteiger partial charge is 0.374 e. The standard InChI is InChI=1S/C16H19BrN2S/c1-19-7-2-3-13-9-12(4-5-15(13)19)10-18-11-16-14(17)6-8-20-16/h4-6,8-9,18H,2-3,7,10-11H2,1H3. The Hall–Kier alpha value is -0.840. The summed E-state index contributed by atoms with van der Waals surface area (Å²) in [7, 11) is 2.18. The number of halogens is 1. The number of hydrogen-bond donors (Lipinski definition) is 1. The highest BCUT2D eigenvalue weighted by Crippen LogP contribution is 2.27. The molecule has 1 N–H and O–H groups in total. The molecular weight excluding hydrogens is 332 g/mol. The van der Waals surface area contributed by atoms with Crippen LogP contribution in [0.3, 0.4) is 0 Å². The molecule has 3 rings (SSSR count). The zero-order valence-electron chi connectivity index (χ0n) is 11.7. The maximum atomic E-state index is 3.57. The summed E-state index contributed by atoms with van der Waals surface area (Å²) in [6, 6.07) is 8.99. The van der Waals surface area contributed by atoms with Crippen molar-refractivity contribution in [1.29, 1.82) is 0 Å². The lowest BCUT2D eigenvalue weighted by Gasteiger charge is -2.27. The highest BCUT2D eigenvalue weighted by atomic mass is 79.9. The van der Waals surface area contributed by atoms with Crippen LogP contribution < -0.4 is 10.2 Å². The Morgan fingerprint density at radius 2 is 2.20 bits per heavy atom. The summed E-state index contributed by atoms with van der Waals surface area (Å²) < 4.78 is 1.21. The predicted molar refractivity (Wildman–Crippen MR) is 90.6 cm³/mol. The lowest BCUT2D eigenvalue weighted by Crippen LogP contribution is -2.24. The van der Waals surface area contributed by atoms with Gasteiger partial charge in [0.15, 0.2) is 0 Å². The maximum Gasteiger partial charge on any atom is 0.0396 e. The molecule has 1 aromatic heterocycles. The van der Waals surface area contributed by atoms with Gasteiger partial charge in [-0.2, -0.15) is 0 Å². The lowest BCUT2D eigenvalue weighted by molar-refractivity contribution is 0.694. The van der Waals surface area contributed by atoms with Gasteiger partial charge in [0.2, 0.25) is 0 Å². The minimum Gasteiger partial charge on any atom is -0.374 e. The number of anilines is 1. The van der Waals surface area contributed by atoms with Crippen molar-refractivity contribution in [3.63, 3.8) is 0 Å². The molecule has 0 amide bonds. The van der Waals surface area contributed by atoms with Gasteiger partial charge < -0.3 is 10.2 Å². The third-order valence-electron chi connectivity index (χ3n) is 3.80. The first-order chi connectivity index (χ1) is 9.74. The number of rotatable bonds is 4. The molecule has 1 aliphatic rings. The quantitative estimate of drug-likeness (QED) is 0.889. The van der Waals surface area contributed by atoms with E-state index in [-0.39, 0.29) is 0 Å². The van der Waals surface area contributed by atoms with E-state index in [1.54, 1.807) is 11.3 Å². The summed E-state index contributed by atoms with van der Waals surface area (Å²) in [6.45, 7) is 3.04. The van der Waals surface area contributed by atoms with Gasteiger partial charge in [-0.25, -0.2) is 0 Å². The zero-order chi connectivity index (χ0) is 13.9. The highest BCUT2D eigenvalue weighted by molar-refractivity contribution is 9.10. The van der Waals surface area contributed by atoms with Gasteiger partial charge in [0.25, 0.3) is 0 Å². The molecule has 0 spiro atoms. The number of fused-ring (bicyclic) bond motifs is 1. The second-order valence-corrected chi connectivity index (χ2v) is 7.14. The molecule has 2 heterocycles. The molecule has 0 radical (unpaired) electrons. The van der Waals surface area contributed by atoms with Crippen LogP contribution >= 0.6 is 27.3 Å². The Morgan fingerprint density at radius 1 is 1.30 bits per heavy atom. The van der Waals surface area contributed by atoms with Crippen molar-refractivity contribution in [2.75, 3.05) is 18.5 Å². The number of nitrogens with one attached hydrogen (secondary N) is 1. The van der Waals surface area contributed by atoms with Gasteiger partial charge in [0.05, 0.1) is 0 Å². The number of nitrogens with zero attached hydrogens (tertiary/aromatic N) is 1. The summed E-state index contributed by atoms with van der Waals surface area (Å²) in [5.41, 5.74) is 4.28. The third kappa shape index (κ3) is 3.08. The molecule has 106 valence electrons. The van der Waals surface area contributed by atoms with E-state index in [4.69, 9.17) is 0 Å². The fourth-order valence-electron chi connectivity index (χ4n) is 2.72. The minimum absolute atomic E-state index is 0.926. The number of thiophene rings is 1. The van der Waals surface area contributed by atoms with Gasteiger partial charge in [-0.15, -0.1) is 11.3 Å². The van der Waals surface area contributed by atoms with Gasteiger partial charge in [-0.3, -0.25) is 0 Å². The van der Waals surface area contributed by atoms with Crippen LogP contribution in [0.15, 0.2) is 34.1 Å². The molecule has 0 saturated carbocycles. The minimum atomic E-state index is 0.926. The summed E-state index contributed by atoms with van der Waals surface area (Å²) in [5, 5.41) is 5.65. The molecule has 1 aromatic carbocycles. The number of hydrogen-bond acceptors (Lipinski definition) is 3. The van der Waals surface area contributed by atoms with Crippen molar-refractivity contribution in [2.45, 2.75) is 25.9 Å². The Morgan fingerprint density at radius 3 is 3.00 bits per heavy atom. The molecule has 4 heteroatoms. The molecule has 2 aromatic rings. The van der Waals surface area contributed by atoms with E-state index in [1.807, 2.05) is 0 Å². The van der Waals surface area contributed by atoms with Gasteiger partial charge in [0, 0.05) is 41.7 Å². The summed E-state index contributed by atoms with van der Waals surface area (Å²) >= 11 is 5.37. The first-order valence-electron chi connectivity index (χ1n) is 6.99. The van der Waals surface area contributed by atoms with E-state index in [0.717, 1.165) is 13.1 Å². The van der Waals surface area contributed by atoms with Crippen LogP contribution in [0.25, 0.3) is 0 Å². The van der Waals surface area contributed by atoms with Crippen LogP contribution in [-0.2, 0) is 19.5 Å². The average Bonchev–Trinajstić information content (AvgIpc) is 2.85. The SMILES string of the molecule is CN1CCCc2cc(CNCc3sccc3Br)ccc21. The van der Waals surface area contributed by atoms with Crippen molar-refractivity contribution in [1.82, 2.24) is 5.32 Å². The van der Waals surface area contributed by atoms with Crippen molar-refractivity contribution in [3.05, 3.63) is 50.1 Å². The number of benzene rings is 1. The molecule has 0 atom stereocenters. The maximum absolute atomic E-state index is 3.57. The van der Waals surface area contributed by atoms with Gasteiger partial charge in [-0.05, 0) is 57.4 Å². The van der Waals surface area contributed by atoms with E-state index in [0.29, 0.717) is 0 Å². The predicted octanol–water partition coefficient (Wildman–Crippen LogP) is 4.18. The van der Waals surface area contributed by atoms with E-state index >= 15 is 0 Å². The Bertz CT molecular complexity index is 594. The molecule has 1 aliphatic heterocycles. The lowest BCUT2D eigenvalue weighted by atomic mass is 9.99. The Balaban J connectivity index is 1.62. The van der Waals surface area contributed by atoms with Crippen molar-refractivity contribution in [2.24, 2.45) is 0 Å². The molecular formula is C16H19BrN2S. The average molecular weight is 351 g/mol. The van der Waals surface area contributed by atoms with E-state index in [1.165, 1.54) is 45.6 Å². The topological polar surface area (TPSA) is 15.3 Å². The molecule has 2 nitrogen and oxygen atoms in total. The van der Waals surface area contributed by atoms with Gasteiger partial charge in [-0.1, -0.05) is 12.1 Å². The van der Waals surface area contributed by atoms with Crippen LogP contribution in [0.1, 0.15) is 22.4 Å². The van der Waals surface area contributed by atoms with Gasteiger partial charge >= 0.3 is 0 Å². The first kappa shape index (κ1) is 14.1. The fraction of sp³-hybridized carbons (Fsp3) is 0.375. The van der Waals surface area contributed by atoms with Crippen LogP contribution in [0.5, 0.6) is 0 Å². The second kappa shape index (κ2) is 6.29. The zero-order valence-corrected chi connectivity index (χ0v) is 14.1. The Kier molecular flexibility index (Phi) is 4.44. The smallest absolute Gasteiger partial charge is 0.0396 e. The van der Waals surface area contributed by atoms with Crippen LogP contribution in [0, 0.1) is 0 Å². The van der Waals surface area contributed by atoms with Gasteiger partial charge in [0.1, 0.15) is 0 Å². The van der Waals surface area contributed by atoms with Crippen molar-refractivity contribution >= 4 is 33.0 Å². The fourth-order valence-corrected chi connectivity index (χ4v) is 4.18. The van der Waals surface area contributed by atoms with Crippen LogP contribution in [0.2, 0.25) is 0 Å². The van der Waals surface area contributed by atoms with E-state index in [9.17, 15) is 0 Å². The summed E-state index contributed by atoms with van der Waals surface area (Å²) in [6.07, 6.45) is 2.48. The number of aryl methyl sites for hydroxylation is 1. The Labute approximate surface area is 132 Å². The first-order valence-corrected chi connectivity index (χ1v) is 8.67. The molecule has 0 unspecified atom stereocenters. The molecule has 0 aliphatic carbocycles. The molecule has 0 bridgehead atoms.